The number of aromatic carboxylic acids is 1. The molecule has 25 heavy (non-hydrogen) atoms. The molecule has 0 aliphatic rings. The molecule has 1 atom stereocenters. The summed E-state index contributed by atoms with van der Waals surface area (Å²) in [5, 5.41) is 18.6. The lowest BCUT2D eigenvalue weighted by molar-refractivity contribution is 0.0693. The zero-order valence-corrected chi connectivity index (χ0v) is 14.4. The van der Waals surface area contributed by atoms with Crippen LogP contribution in [0.2, 0.25) is 0 Å². The number of hydrogen-bond acceptors (Lipinski definition) is 4. The van der Waals surface area contributed by atoms with Crippen molar-refractivity contribution in [3.05, 3.63) is 41.4 Å². The Balaban J connectivity index is 2.31. The molecule has 2 aromatic rings. The van der Waals surface area contributed by atoms with Crippen LogP contribution in [-0.2, 0) is 0 Å². The third kappa shape index (κ3) is 4.56. The van der Waals surface area contributed by atoms with E-state index >= 15 is 0 Å². The Labute approximate surface area is 144 Å². The summed E-state index contributed by atoms with van der Waals surface area (Å²) in [7, 11) is 0. The minimum Gasteiger partial charge on any atom is -0.477 e. The molecule has 1 aromatic heterocycles. The molecule has 0 aliphatic heterocycles. The summed E-state index contributed by atoms with van der Waals surface area (Å²) in [6.07, 6.45) is 0. The van der Waals surface area contributed by atoms with E-state index < -0.39 is 29.4 Å². The number of halogens is 1. The molecule has 7 nitrogen and oxygen atoms in total. The van der Waals surface area contributed by atoms with Gasteiger partial charge in [0.05, 0.1) is 6.04 Å². The lowest BCUT2D eigenvalue weighted by atomic mass is 10.0. The van der Waals surface area contributed by atoms with Crippen molar-refractivity contribution in [2.45, 2.75) is 39.3 Å². The van der Waals surface area contributed by atoms with E-state index in [1.54, 1.807) is 6.92 Å². The molecule has 0 radical (unpaired) electrons. The van der Waals surface area contributed by atoms with E-state index in [2.05, 4.69) is 15.8 Å². The molecule has 2 amide bonds. The zero-order chi connectivity index (χ0) is 18.8. The van der Waals surface area contributed by atoms with Crippen LogP contribution in [0.5, 0.6) is 0 Å². The first-order valence-electron chi connectivity index (χ1n) is 7.66. The molecule has 0 aliphatic carbocycles. The number of carbonyl (C=O) groups is 2. The molecule has 1 heterocycles. The number of urea groups is 1. The number of amides is 2. The van der Waals surface area contributed by atoms with Crippen molar-refractivity contribution >= 4 is 12.0 Å². The van der Waals surface area contributed by atoms with Gasteiger partial charge in [-0.25, -0.2) is 14.0 Å². The number of aromatic nitrogens is 1. The fraction of sp³-hybridized carbons (Fsp3) is 0.353. The standard InChI is InChI=1S/C17H20FN3O4/c1-9(19-16(24)20-17(2,3)4)14-12(15(22)23)13(21-25-14)10-5-7-11(18)8-6-10/h5-9H,1-4H3,(H,22,23)(H2,19,20,24). The maximum Gasteiger partial charge on any atom is 0.341 e. The maximum atomic E-state index is 13.1. The minimum absolute atomic E-state index is 0.0101. The van der Waals surface area contributed by atoms with Crippen molar-refractivity contribution in [3.8, 4) is 11.3 Å². The van der Waals surface area contributed by atoms with Crippen LogP contribution in [0.4, 0.5) is 9.18 Å². The van der Waals surface area contributed by atoms with E-state index in [1.807, 2.05) is 20.8 Å². The van der Waals surface area contributed by atoms with Crippen LogP contribution in [-0.4, -0.2) is 27.8 Å². The molecule has 134 valence electrons. The fourth-order valence-electron chi connectivity index (χ4n) is 2.25. The predicted molar refractivity (Wildman–Crippen MR) is 88.7 cm³/mol. The first-order chi connectivity index (χ1) is 11.6. The van der Waals surface area contributed by atoms with Gasteiger partial charge in [-0.15, -0.1) is 0 Å². The third-order valence-corrected chi connectivity index (χ3v) is 3.28. The normalized spacial score (nSPS) is 12.5. The zero-order valence-electron chi connectivity index (χ0n) is 14.4. The quantitative estimate of drug-likeness (QED) is 0.785. The van der Waals surface area contributed by atoms with E-state index in [0.29, 0.717) is 5.56 Å². The Hall–Kier alpha value is -2.90. The van der Waals surface area contributed by atoms with Crippen LogP contribution in [0.15, 0.2) is 28.8 Å². The maximum absolute atomic E-state index is 13.1. The van der Waals surface area contributed by atoms with Crippen molar-refractivity contribution in [3.63, 3.8) is 0 Å². The van der Waals surface area contributed by atoms with Crippen LogP contribution in [0.3, 0.4) is 0 Å². The molecular formula is C17H20FN3O4. The second kappa shape index (κ2) is 6.92. The Kier molecular flexibility index (Phi) is 5.10. The number of nitrogens with zero attached hydrogens (tertiary/aromatic N) is 1. The van der Waals surface area contributed by atoms with Crippen LogP contribution in [0.25, 0.3) is 11.3 Å². The number of rotatable bonds is 4. The number of nitrogens with one attached hydrogen (secondary N) is 2. The molecule has 8 heteroatoms. The number of benzene rings is 1. The van der Waals surface area contributed by atoms with E-state index in [9.17, 15) is 19.1 Å². The van der Waals surface area contributed by atoms with Gasteiger partial charge in [0.2, 0.25) is 0 Å². The molecule has 0 bridgehead atoms. The van der Waals surface area contributed by atoms with Gasteiger partial charge in [0.15, 0.2) is 5.76 Å². The number of hydrogen-bond donors (Lipinski definition) is 3. The van der Waals surface area contributed by atoms with E-state index in [0.717, 1.165) is 0 Å². The van der Waals surface area contributed by atoms with Gasteiger partial charge in [-0.1, -0.05) is 5.16 Å². The molecular weight excluding hydrogens is 329 g/mol. The summed E-state index contributed by atoms with van der Waals surface area (Å²) >= 11 is 0. The van der Waals surface area contributed by atoms with Crippen molar-refractivity contribution in [1.29, 1.82) is 0 Å². The second-order valence-electron chi connectivity index (χ2n) is 6.65. The Bertz CT molecular complexity index is 778. The van der Waals surface area contributed by atoms with Crippen molar-refractivity contribution in [2.75, 3.05) is 0 Å². The van der Waals surface area contributed by atoms with Gasteiger partial charge in [0.1, 0.15) is 17.1 Å². The van der Waals surface area contributed by atoms with Crippen molar-refractivity contribution in [1.82, 2.24) is 15.8 Å². The van der Waals surface area contributed by atoms with E-state index in [4.69, 9.17) is 4.52 Å². The Morgan fingerprint density at radius 2 is 1.84 bits per heavy atom. The van der Waals surface area contributed by atoms with E-state index in [-0.39, 0.29) is 17.0 Å². The van der Waals surface area contributed by atoms with Gasteiger partial charge in [0.25, 0.3) is 0 Å². The van der Waals surface area contributed by atoms with E-state index in [1.165, 1.54) is 24.3 Å². The lowest BCUT2D eigenvalue weighted by Crippen LogP contribution is -2.47. The highest BCUT2D eigenvalue weighted by molar-refractivity contribution is 5.96. The van der Waals surface area contributed by atoms with Gasteiger partial charge in [-0.3, -0.25) is 0 Å². The summed E-state index contributed by atoms with van der Waals surface area (Å²) in [5.74, 6) is -1.69. The van der Waals surface area contributed by atoms with Gasteiger partial charge >= 0.3 is 12.0 Å². The average molecular weight is 349 g/mol. The highest BCUT2D eigenvalue weighted by atomic mass is 19.1. The van der Waals surface area contributed by atoms with Crippen LogP contribution in [0, 0.1) is 5.82 Å². The summed E-state index contributed by atoms with van der Waals surface area (Å²) < 4.78 is 18.2. The summed E-state index contributed by atoms with van der Waals surface area (Å²) in [5.41, 5.74) is -0.136. The first kappa shape index (κ1) is 18.4. The Morgan fingerprint density at radius 3 is 2.36 bits per heavy atom. The molecule has 0 saturated heterocycles. The minimum atomic E-state index is -1.25. The number of carboxylic acids is 1. The largest absolute Gasteiger partial charge is 0.477 e. The first-order valence-corrected chi connectivity index (χ1v) is 7.66. The molecule has 0 fully saturated rings. The molecule has 0 saturated carbocycles. The SMILES string of the molecule is CC(NC(=O)NC(C)(C)C)c1onc(-c2ccc(F)cc2)c1C(=O)O. The summed E-state index contributed by atoms with van der Waals surface area (Å²) in [4.78, 5) is 23.6. The lowest BCUT2D eigenvalue weighted by Gasteiger charge is -2.22. The summed E-state index contributed by atoms with van der Waals surface area (Å²) in [6.45, 7) is 7.05. The number of carboxylic acid groups (broad SMARTS) is 1. The summed E-state index contributed by atoms with van der Waals surface area (Å²) in [6, 6.07) is 4.04. The van der Waals surface area contributed by atoms with Gasteiger partial charge in [0, 0.05) is 11.1 Å². The third-order valence-electron chi connectivity index (χ3n) is 3.28. The van der Waals surface area contributed by atoms with Gasteiger partial charge < -0.3 is 20.3 Å². The molecule has 0 spiro atoms. The monoisotopic (exact) mass is 349 g/mol. The van der Waals surface area contributed by atoms with Crippen LogP contribution < -0.4 is 10.6 Å². The molecule has 1 unspecified atom stereocenters. The molecule has 2 rings (SSSR count). The molecule has 3 N–H and O–H groups in total. The number of carbonyl (C=O) groups excluding carboxylic acids is 1. The predicted octanol–water partition coefficient (Wildman–Crippen LogP) is 3.34. The second-order valence-corrected chi connectivity index (χ2v) is 6.65. The average Bonchev–Trinajstić information content (AvgIpc) is 2.91. The van der Waals surface area contributed by atoms with Crippen molar-refractivity contribution in [2.24, 2.45) is 0 Å². The Morgan fingerprint density at radius 1 is 1.24 bits per heavy atom. The fourth-order valence-corrected chi connectivity index (χ4v) is 2.25. The topological polar surface area (TPSA) is 104 Å². The van der Waals surface area contributed by atoms with Crippen molar-refractivity contribution < 1.29 is 23.6 Å². The van der Waals surface area contributed by atoms with Crippen LogP contribution >= 0.6 is 0 Å². The highest BCUT2D eigenvalue weighted by Crippen LogP contribution is 2.29. The highest BCUT2D eigenvalue weighted by Gasteiger charge is 2.28. The molecule has 1 aromatic carbocycles. The van der Waals surface area contributed by atoms with Gasteiger partial charge in [-0.2, -0.15) is 0 Å². The van der Waals surface area contributed by atoms with Gasteiger partial charge in [-0.05, 0) is 52.0 Å². The van der Waals surface area contributed by atoms with Crippen LogP contribution in [0.1, 0.15) is 49.9 Å². The smallest absolute Gasteiger partial charge is 0.341 e.